The van der Waals surface area contributed by atoms with Crippen LogP contribution in [0.4, 0.5) is 0 Å². The number of carbonyl (C=O) groups excluding carboxylic acids is 2. The Morgan fingerprint density at radius 2 is 1.90 bits per heavy atom. The monoisotopic (exact) mass is 462 g/mol. The predicted octanol–water partition coefficient (Wildman–Crippen LogP) is 2.26. The molecule has 1 heterocycles. The summed E-state index contributed by atoms with van der Waals surface area (Å²) in [7, 11) is -4.64. The lowest BCUT2D eigenvalue weighted by molar-refractivity contribution is -0.131. The van der Waals surface area contributed by atoms with Gasteiger partial charge in [0, 0.05) is 30.2 Å². The van der Waals surface area contributed by atoms with E-state index in [9.17, 15) is 18.0 Å². The lowest BCUT2D eigenvalue weighted by atomic mass is 10.2. The summed E-state index contributed by atoms with van der Waals surface area (Å²) in [5, 5.41) is 2.75. The highest BCUT2D eigenvalue weighted by atomic mass is 32.3. The fourth-order valence-electron chi connectivity index (χ4n) is 2.97. The van der Waals surface area contributed by atoms with E-state index in [1.807, 2.05) is 42.5 Å². The summed E-state index contributed by atoms with van der Waals surface area (Å²) >= 11 is 1.59. The van der Waals surface area contributed by atoms with E-state index in [0.717, 1.165) is 11.3 Å². The minimum Gasteiger partial charge on any atom is -0.362 e. The standard InChI is InChI=1S/C21H22N2O6S2/c24-20(17-8-10-18(11-9-17)29-31(26,27)28)22-19-15-30-14-13-23(21(19)25)12-4-7-16-5-2-1-3-6-16/h1-11,19H,12-15H2,(H,22,24)(H,26,27,28). The summed E-state index contributed by atoms with van der Waals surface area (Å²) in [6, 6.07) is 14.3. The first-order chi connectivity index (χ1) is 14.8. The molecule has 1 aliphatic heterocycles. The van der Waals surface area contributed by atoms with Gasteiger partial charge in [-0.25, -0.2) is 0 Å². The van der Waals surface area contributed by atoms with Gasteiger partial charge in [0.2, 0.25) is 5.91 Å². The van der Waals surface area contributed by atoms with E-state index in [4.69, 9.17) is 4.55 Å². The van der Waals surface area contributed by atoms with Crippen molar-refractivity contribution in [1.82, 2.24) is 10.2 Å². The van der Waals surface area contributed by atoms with Crippen LogP contribution in [0.1, 0.15) is 15.9 Å². The minimum atomic E-state index is -4.64. The molecule has 0 saturated carbocycles. The number of hydrogen-bond acceptors (Lipinski definition) is 6. The van der Waals surface area contributed by atoms with Crippen molar-refractivity contribution in [1.29, 1.82) is 0 Å². The third kappa shape index (κ3) is 7.12. The first-order valence-electron chi connectivity index (χ1n) is 9.48. The van der Waals surface area contributed by atoms with Crippen LogP contribution in [0.25, 0.3) is 6.08 Å². The summed E-state index contributed by atoms with van der Waals surface area (Å²) in [5.74, 6) is 0.504. The highest BCUT2D eigenvalue weighted by molar-refractivity contribution is 7.99. The van der Waals surface area contributed by atoms with Crippen LogP contribution in [0, 0.1) is 0 Å². The molecule has 31 heavy (non-hydrogen) atoms. The summed E-state index contributed by atoms with van der Waals surface area (Å²) in [6.45, 7) is 1.04. The van der Waals surface area contributed by atoms with Gasteiger partial charge in [-0.3, -0.25) is 14.1 Å². The van der Waals surface area contributed by atoms with E-state index in [2.05, 4.69) is 9.50 Å². The van der Waals surface area contributed by atoms with Crippen LogP contribution >= 0.6 is 11.8 Å². The van der Waals surface area contributed by atoms with E-state index in [1.165, 1.54) is 24.3 Å². The zero-order valence-electron chi connectivity index (χ0n) is 16.5. The van der Waals surface area contributed by atoms with Crippen LogP contribution < -0.4 is 9.50 Å². The Morgan fingerprint density at radius 1 is 1.19 bits per heavy atom. The van der Waals surface area contributed by atoms with Gasteiger partial charge in [0.05, 0.1) is 0 Å². The molecule has 0 spiro atoms. The Balaban J connectivity index is 1.61. The highest BCUT2D eigenvalue weighted by Crippen LogP contribution is 2.16. The number of nitrogens with zero attached hydrogens (tertiary/aromatic N) is 1. The zero-order chi connectivity index (χ0) is 22.3. The molecule has 3 rings (SSSR count). The average Bonchev–Trinajstić information content (AvgIpc) is 2.90. The van der Waals surface area contributed by atoms with Crippen molar-refractivity contribution in [2.45, 2.75) is 6.04 Å². The van der Waals surface area contributed by atoms with Crippen LogP contribution in [0.3, 0.4) is 0 Å². The molecule has 2 N–H and O–H groups in total. The molecule has 10 heteroatoms. The largest absolute Gasteiger partial charge is 0.446 e. The number of thioether (sulfide) groups is 1. The number of benzene rings is 2. The first-order valence-corrected chi connectivity index (χ1v) is 12.0. The van der Waals surface area contributed by atoms with E-state index >= 15 is 0 Å². The summed E-state index contributed by atoms with van der Waals surface area (Å²) in [4.78, 5) is 27.2. The maximum atomic E-state index is 12.9. The lowest BCUT2D eigenvalue weighted by Crippen LogP contribution is -2.49. The number of amides is 2. The molecule has 0 radical (unpaired) electrons. The van der Waals surface area contributed by atoms with Gasteiger partial charge in [0.25, 0.3) is 5.91 Å². The maximum absolute atomic E-state index is 12.9. The highest BCUT2D eigenvalue weighted by Gasteiger charge is 2.28. The predicted molar refractivity (Wildman–Crippen MR) is 119 cm³/mol. The Bertz CT molecular complexity index is 1040. The topological polar surface area (TPSA) is 113 Å². The third-order valence-electron chi connectivity index (χ3n) is 4.46. The number of nitrogens with one attached hydrogen (secondary N) is 1. The van der Waals surface area contributed by atoms with Gasteiger partial charge in [-0.05, 0) is 29.8 Å². The van der Waals surface area contributed by atoms with Crippen molar-refractivity contribution in [3.05, 3.63) is 71.8 Å². The molecule has 164 valence electrons. The van der Waals surface area contributed by atoms with Gasteiger partial charge >= 0.3 is 10.4 Å². The maximum Gasteiger partial charge on any atom is 0.446 e. The van der Waals surface area contributed by atoms with Gasteiger partial charge in [0.15, 0.2) is 0 Å². The van der Waals surface area contributed by atoms with E-state index in [-0.39, 0.29) is 17.2 Å². The van der Waals surface area contributed by atoms with E-state index in [0.29, 0.717) is 18.8 Å². The second kappa shape index (κ2) is 10.5. The van der Waals surface area contributed by atoms with E-state index in [1.54, 1.807) is 16.7 Å². The van der Waals surface area contributed by atoms with Crippen molar-refractivity contribution >= 4 is 40.1 Å². The molecule has 1 atom stereocenters. The van der Waals surface area contributed by atoms with Crippen molar-refractivity contribution in [2.75, 3.05) is 24.6 Å². The molecule has 0 aromatic heterocycles. The molecule has 8 nitrogen and oxygen atoms in total. The summed E-state index contributed by atoms with van der Waals surface area (Å²) < 4.78 is 34.5. The van der Waals surface area contributed by atoms with Gasteiger partial charge in [-0.2, -0.15) is 20.2 Å². The SMILES string of the molecule is O=C(NC1CSCCN(CC=Cc2ccccc2)C1=O)c1ccc(OS(=O)(=O)O)cc1. The Morgan fingerprint density at radius 3 is 2.58 bits per heavy atom. The Hall–Kier alpha value is -2.82. The van der Waals surface area contributed by atoms with Crippen molar-refractivity contribution < 1.29 is 26.7 Å². The second-order valence-corrected chi connectivity index (χ2v) is 8.91. The molecule has 1 aliphatic rings. The van der Waals surface area contributed by atoms with Crippen LogP contribution in [0.2, 0.25) is 0 Å². The van der Waals surface area contributed by atoms with E-state index < -0.39 is 22.3 Å². The molecule has 1 fully saturated rings. The minimum absolute atomic E-state index is 0.128. The molecule has 2 aromatic rings. The van der Waals surface area contributed by atoms with Crippen LogP contribution in [-0.2, 0) is 15.2 Å². The molecule has 0 bridgehead atoms. The molecular formula is C21H22N2O6S2. The average molecular weight is 463 g/mol. The van der Waals surface area contributed by atoms with Crippen LogP contribution in [0.15, 0.2) is 60.7 Å². The van der Waals surface area contributed by atoms with Crippen molar-refractivity contribution in [2.24, 2.45) is 0 Å². The molecule has 0 aliphatic carbocycles. The number of rotatable bonds is 7. The zero-order valence-corrected chi connectivity index (χ0v) is 18.1. The molecular weight excluding hydrogens is 440 g/mol. The van der Waals surface area contributed by atoms with Gasteiger partial charge in [-0.1, -0.05) is 42.5 Å². The Labute approximate surface area is 185 Å². The van der Waals surface area contributed by atoms with Gasteiger partial charge in [0.1, 0.15) is 11.8 Å². The molecule has 1 unspecified atom stereocenters. The summed E-state index contributed by atoms with van der Waals surface area (Å²) in [5.41, 5.74) is 1.28. The van der Waals surface area contributed by atoms with Crippen molar-refractivity contribution in [3.8, 4) is 5.75 Å². The summed E-state index contributed by atoms with van der Waals surface area (Å²) in [6.07, 6.45) is 3.88. The quantitative estimate of drug-likeness (QED) is 0.607. The van der Waals surface area contributed by atoms with Crippen LogP contribution in [0.5, 0.6) is 5.75 Å². The fourth-order valence-corrected chi connectivity index (χ4v) is 4.30. The third-order valence-corrected chi connectivity index (χ3v) is 5.90. The Kier molecular flexibility index (Phi) is 7.72. The van der Waals surface area contributed by atoms with Gasteiger partial charge < -0.3 is 14.4 Å². The second-order valence-electron chi connectivity index (χ2n) is 6.73. The number of hydrogen-bond donors (Lipinski definition) is 2. The number of carbonyl (C=O) groups is 2. The molecule has 2 aromatic carbocycles. The first kappa shape index (κ1) is 22.9. The lowest BCUT2D eigenvalue weighted by Gasteiger charge is -2.23. The normalized spacial score (nSPS) is 17.4. The fraction of sp³-hybridized carbons (Fsp3) is 0.238. The van der Waals surface area contributed by atoms with Crippen molar-refractivity contribution in [3.63, 3.8) is 0 Å². The molecule has 2 amide bonds. The van der Waals surface area contributed by atoms with Crippen LogP contribution in [-0.4, -0.2) is 60.3 Å². The molecule has 1 saturated heterocycles. The van der Waals surface area contributed by atoms with Gasteiger partial charge in [-0.15, -0.1) is 0 Å². The smallest absolute Gasteiger partial charge is 0.362 e.